The number of aliphatic carboxylic acids is 1. The molecule has 0 saturated heterocycles. The van der Waals surface area contributed by atoms with Gasteiger partial charge in [0.25, 0.3) is 0 Å². The van der Waals surface area contributed by atoms with Crippen molar-refractivity contribution >= 4 is 5.97 Å². The summed E-state index contributed by atoms with van der Waals surface area (Å²) in [5.41, 5.74) is 6.61. The molecule has 0 fully saturated rings. The molecule has 1 aromatic rings. The summed E-state index contributed by atoms with van der Waals surface area (Å²) in [6.07, 6.45) is 3.32. The number of rotatable bonds is 7. The van der Waals surface area contributed by atoms with Crippen LogP contribution in [0.5, 0.6) is 0 Å². The number of nitrogens with two attached hydrogens (primary N) is 1. The highest BCUT2D eigenvalue weighted by molar-refractivity contribution is 5.72. The van der Waals surface area contributed by atoms with Gasteiger partial charge in [-0.15, -0.1) is 0 Å². The molecule has 90 valence electrons. The molecule has 4 N–H and O–H groups in total. The summed E-state index contributed by atoms with van der Waals surface area (Å²) in [6, 6.07) is 3.25. The topological polar surface area (TPSA) is 82.3 Å². The summed E-state index contributed by atoms with van der Waals surface area (Å²) < 4.78 is 0. The third kappa shape index (κ3) is 4.46. The van der Waals surface area contributed by atoms with E-state index in [0.717, 1.165) is 13.0 Å². The summed E-state index contributed by atoms with van der Waals surface area (Å²) in [5.74, 6) is -0.933. The standard InChI is InChI=1S/C11H19N3O2/c1-14(8-5-10(12)11(15)16)7-4-9-3-2-6-13-9/h2-3,6,10,13H,4-5,7-8,12H2,1H3,(H,15,16). The predicted octanol–water partition coefficient (Wildman–Crippen LogP) is 0.291. The first-order valence-electron chi connectivity index (χ1n) is 5.39. The lowest BCUT2D eigenvalue weighted by atomic mass is 10.2. The van der Waals surface area contributed by atoms with Crippen LogP contribution in [0.15, 0.2) is 18.3 Å². The number of carboxylic acid groups (broad SMARTS) is 1. The van der Waals surface area contributed by atoms with Gasteiger partial charge in [-0.25, -0.2) is 0 Å². The van der Waals surface area contributed by atoms with Gasteiger partial charge in [0.05, 0.1) is 0 Å². The summed E-state index contributed by atoms with van der Waals surface area (Å²) in [6.45, 7) is 1.60. The van der Waals surface area contributed by atoms with E-state index in [-0.39, 0.29) is 0 Å². The predicted molar refractivity (Wildman–Crippen MR) is 62.2 cm³/mol. The fourth-order valence-corrected chi connectivity index (χ4v) is 1.43. The fraction of sp³-hybridized carbons (Fsp3) is 0.545. The van der Waals surface area contributed by atoms with E-state index in [2.05, 4.69) is 9.88 Å². The maximum atomic E-state index is 10.5. The van der Waals surface area contributed by atoms with E-state index in [0.29, 0.717) is 13.0 Å². The van der Waals surface area contributed by atoms with E-state index in [1.165, 1.54) is 5.69 Å². The van der Waals surface area contributed by atoms with Crippen LogP contribution in [0.4, 0.5) is 0 Å². The highest BCUT2D eigenvalue weighted by atomic mass is 16.4. The molecular formula is C11H19N3O2. The maximum Gasteiger partial charge on any atom is 0.320 e. The second kappa shape index (κ2) is 6.30. The van der Waals surface area contributed by atoms with Crippen LogP contribution >= 0.6 is 0 Å². The van der Waals surface area contributed by atoms with Gasteiger partial charge in [0.15, 0.2) is 0 Å². The number of carboxylic acids is 1. The monoisotopic (exact) mass is 225 g/mol. The minimum absolute atomic E-state index is 0.483. The lowest BCUT2D eigenvalue weighted by Crippen LogP contribution is -2.34. The summed E-state index contributed by atoms with van der Waals surface area (Å²) in [5, 5.41) is 8.63. The average Bonchev–Trinajstić information content (AvgIpc) is 2.75. The van der Waals surface area contributed by atoms with Gasteiger partial charge in [-0.2, -0.15) is 0 Å². The molecule has 1 aromatic heterocycles. The van der Waals surface area contributed by atoms with Crippen molar-refractivity contribution in [2.24, 2.45) is 5.73 Å². The Morgan fingerprint density at radius 3 is 2.94 bits per heavy atom. The van der Waals surface area contributed by atoms with Crippen molar-refractivity contribution in [1.29, 1.82) is 0 Å². The molecule has 5 nitrogen and oxygen atoms in total. The van der Waals surface area contributed by atoms with E-state index in [1.54, 1.807) is 0 Å². The van der Waals surface area contributed by atoms with Gasteiger partial charge in [-0.05, 0) is 32.1 Å². The lowest BCUT2D eigenvalue weighted by molar-refractivity contribution is -0.138. The molecule has 1 rings (SSSR count). The van der Waals surface area contributed by atoms with Crippen LogP contribution in [0.25, 0.3) is 0 Å². The van der Waals surface area contributed by atoms with Gasteiger partial charge in [0.2, 0.25) is 0 Å². The van der Waals surface area contributed by atoms with Crippen molar-refractivity contribution in [3.8, 4) is 0 Å². The van der Waals surface area contributed by atoms with Gasteiger partial charge >= 0.3 is 5.97 Å². The molecule has 0 spiro atoms. The number of H-pyrrole nitrogens is 1. The highest BCUT2D eigenvalue weighted by Gasteiger charge is 2.11. The first-order valence-corrected chi connectivity index (χ1v) is 5.39. The highest BCUT2D eigenvalue weighted by Crippen LogP contribution is 1.98. The van der Waals surface area contributed by atoms with Crippen molar-refractivity contribution in [2.75, 3.05) is 20.1 Å². The molecule has 0 aliphatic rings. The Bertz CT molecular complexity index is 311. The van der Waals surface area contributed by atoms with Crippen molar-refractivity contribution in [1.82, 2.24) is 9.88 Å². The average molecular weight is 225 g/mol. The van der Waals surface area contributed by atoms with Crippen molar-refractivity contribution in [3.05, 3.63) is 24.0 Å². The van der Waals surface area contributed by atoms with Gasteiger partial charge in [0.1, 0.15) is 6.04 Å². The Hall–Kier alpha value is -1.33. The molecule has 0 aromatic carbocycles. The molecule has 0 radical (unpaired) electrons. The number of nitrogens with one attached hydrogen (secondary N) is 1. The van der Waals surface area contributed by atoms with Crippen LogP contribution in [0, 0.1) is 0 Å². The Morgan fingerprint density at radius 1 is 1.62 bits per heavy atom. The fourth-order valence-electron chi connectivity index (χ4n) is 1.43. The van der Waals surface area contributed by atoms with Gasteiger partial charge in [0, 0.05) is 24.9 Å². The lowest BCUT2D eigenvalue weighted by Gasteiger charge is -2.17. The number of hydrogen-bond acceptors (Lipinski definition) is 3. The molecule has 0 aliphatic carbocycles. The van der Waals surface area contributed by atoms with E-state index >= 15 is 0 Å². The number of aromatic nitrogens is 1. The maximum absolute atomic E-state index is 10.5. The van der Waals surface area contributed by atoms with E-state index < -0.39 is 12.0 Å². The largest absolute Gasteiger partial charge is 0.480 e. The molecule has 1 heterocycles. The van der Waals surface area contributed by atoms with Crippen LogP contribution in [0.3, 0.4) is 0 Å². The Morgan fingerprint density at radius 2 is 2.38 bits per heavy atom. The van der Waals surface area contributed by atoms with Crippen LogP contribution in [0.1, 0.15) is 12.1 Å². The molecule has 16 heavy (non-hydrogen) atoms. The molecule has 5 heteroatoms. The zero-order valence-corrected chi connectivity index (χ0v) is 9.52. The second-order valence-corrected chi connectivity index (χ2v) is 3.98. The van der Waals surface area contributed by atoms with Crippen LogP contribution in [0.2, 0.25) is 0 Å². The van der Waals surface area contributed by atoms with E-state index in [4.69, 9.17) is 10.8 Å². The van der Waals surface area contributed by atoms with Crippen molar-refractivity contribution in [3.63, 3.8) is 0 Å². The number of aromatic amines is 1. The molecule has 0 saturated carbocycles. The molecule has 0 amide bonds. The number of hydrogen-bond donors (Lipinski definition) is 3. The Kier molecular flexibility index (Phi) is 5.01. The third-order valence-corrected chi connectivity index (χ3v) is 2.56. The molecule has 0 aliphatic heterocycles. The zero-order valence-electron chi connectivity index (χ0n) is 9.52. The van der Waals surface area contributed by atoms with Crippen LogP contribution in [-0.2, 0) is 11.2 Å². The Labute approximate surface area is 95.3 Å². The summed E-state index contributed by atoms with van der Waals surface area (Å²) in [4.78, 5) is 15.7. The third-order valence-electron chi connectivity index (χ3n) is 2.56. The normalized spacial score (nSPS) is 12.9. The van der Waals surface area contributed by atoms with Gasteiger partial charge < -0.3 is 20.7 Å². The minimum atomic E-state index is -0.933. The number of nitrogens with zero attached hydrogens (tertiary/aromatic N) is 1. The number of likely N-dealkylation sites (N-methyl/N-ethyl adjacent to an activating group) is 1. The van der Waals surface area contributed by atoms with Crippen LogP contribution in [-0.4, -0.2) is 47.1 Å². The number of carbonyl (C=O) groups is 1. The second-order valence-electron chi connectivity index (χ2n) is 3.98. The summed E-state index contributed by atoms with van der Waals surface area (Å²) in [7, 11) is 1.97. The molecule has 1 unspecified atom stereocenters. The minimum Gasteiger partial charge on any atom is -0.480 e. The van der Waals surface area contributed by atoms with Crippen molar-refractivity contribution < 1.29 is 9.90 Å². The first-order chi connectivity index (χ1) is 7.59. The van der Waals surface area contributed by atoms with E-state index in [9.17, 15) is 4.79 Å². The molecule has 1 atom stereocenters. The smallest absolute Gasteiger partial charge is 0.320 e. The van der Waals surface area contributed by atoms with Gasteiger partial charge in [-0.3, -0.25) is 4.79 Å². The van der Waals surface area contributed by atoms with Gasteiger partial charge in [-0.1, -0.05) is 0 Å². The zero-order chi connectivity index (χ0) is 12.0. The summed E-state index contributed by atoms with van der Waals surface area (Å²) >= 11 is 0. The van der Waals surface area contributed by atoms with E-state index in [1.807, 2.05) is 25.4 Å². The quantitative estimate of drug-likeness (QED) is 0.623. The molecule has 0 bridgehead atoms. The SMILES string of the molecule is CN(CCc1ccc[nH]1)CCC(N)C(=O)O. The van der Waals surface area contributed by atoms with Crippen LogP contribution < -0.4 is 5.73 Å². The Balaban J connectivity index is 2.16. The first kappa shape index (κ1) is 12.7. The van der Waals surface area contributed by atoms with Crippen molar-refractivity contribution in [2.45, 2.75) is 18.9 Å². The molecular weight excluding hydrogens is 206 g/mol.